The van der Waals surface area contributed by atoms with Gasteiger partial charge in [-0.05, 0) is 55.0 Å². The van der Waals surface area contributed by atoms with Crippen molar-refractivity contribution in [1.29, 1.82) is 0 Å². The number of carbonyl (C=O) groups is 1. The van der Waals surface area contributed by atoms with Crippen molar-refractivity contribution in [2.24, 2.45) is 0 Å². The van der Waals surface area contributed by atoms with E-state index in [1.807, 2.05) is 0 Å². The van der Waals surface area contributed by atoms with Crippen molar-refractivity contribution in [3.63, 3.8) is 0 Å². The summed E-state index contributed by atoms with van der Waals surface area (Å²) < 4.78 is 39.4. The van der Waals surface area contributed by atoms with Crippen LogP contribution in [0.5, 0.6) is 0 Å². The summed E-state index contributed by atoms with van der Waals surface area (Å²) in [5.74, 6) is -0.516. The molecule has 0 spiro atoms. The molecule has 0 radical (unpaired) electrons. The van der Waals surface area contributed by atoms with Crippen LogP contribution in [0.25, 0.3) is 0 Å². The lowest BCUT2D eigenvalue weighted by Crippen LogP contribution is -2.56. The molecule has 3 rings (SSSR count). The van der Waals surface area contributed by atoms with Gasteiger partial charge in [0.1, 0.15) is 11.9 Å². The quantitative estimate of drug-likeness (QED) is 0.672. The molecule has 2 aromatic carbocycles. The molecule has 9 heteroatoms. The van der Waals surface area contributed by atoms with E-state index in [-0.39, 0.29) is 11.7 Å². The summed E-state index contributed by atoms with van der Waals surface area (Å²) in [6, 6.07) is 11.8. The van der Waals surface area contributed by atoms with Crippen LogP contribution in [0.1, 0.15) is 13.3 Å². The first kappa shape index (κ1) is 22.4. The number of amides is 1. The van der Waals surface area contributed by atoms with Gasteiger partial charge in [-0.25, -0.2) is 12.8 Å². The van der Waals surface area contributed by atoms with E-state index in [1.54, 1.807) is 48.2 Å². The predicted octanol–water partition coefficient (Wildman–Crippen LogP) is 3.37. The first-order valence-corrected chi connectivity index (χ1v) is 12.0. The van der Waals surface area contributed by atoms with Gasteiger partial charge in [-0.2, -0.15) is 0 Å². The summed E-state index contributed by atoms with van der Waals surface area (Å²) in [6.07, 6.45) is 1.44. The lowest BCUT2D eigenvalue weighted by atomic mass is 10.1. The zero-order valence-corrected chi connectivity index (χ0v) is 18.5. The number of sulfonamides is 1. The minimum absolute atomic E-state index is 0.225. The second kappa shape index (κ2) is 9.22. The second-order valence-electron chi connectivity index (χ2n) is 7.25. The topological polar surface area (TPSA) is 60.9 Å². The van der Waals surface area contributed by atoms with E-state index >= 15 is 0 Å². The van der Waals surface area contributed by atoms with Gasteiger partial charge in [0, 0.05) is 36.9 Å². The van der Waals surface area contributed by atoms with Crippen LogP contribution < -0.4 is 9.21 Å². The molecule has 1 amide bonds. The molecule has 2 aromatic rings. The maximum atomic E-state index is 13.3. The first-order chi connectivity index (χ1) is 14.2. The highest BCUT2D eigenvalue weighted by molar-refractivity contribution is 7.92. The molecule has 0 saturated carbocycles. The van der Waals surface area contributed by atoms with Crippen LogP contribution in [-0.4, -0.2) is 57.7 Å². The maximum Gasteiger partial charge on any atom is 0.246 e. The average Bonchev–Trinajstić information content (AvgIpc) is 2.72. The van der Waals surface area contributed by atoms with Gasteiger partial charge in [-0.3, -0.25) is 9.10 Å². The Morgan fingerprint density at radius 1 is 1.07 bits per heavy atom. The summed E-state index contributed by atoms with van der Waals surface area (Å²) in [5.41, 5.74) is 1.31. The Hall–Kier alpha value is -2.32. The summed E-state index contributed by atoms with van der Waals surface area (Å²) in [4.78, 5) is 17.0. The number of rotatable bonds is 6. The number of nitrogens with zero attached hydrogens (tertiary/aromatic N) is 3. The average molecular weight is 454 g/mol. The van der Waals surface area contributed by atoms with Gasteiger partial charge in [-0.1, -0.05) is 18.5 Å². The van der Waals surface area contributed by atoms with Crippen LogP contribution >= 0.6 is 11.6 Å². The van der Waals surface area contributed by atoms with E-state index in [9.17, 15) is 17.6 Å². The van der Waals surface area contributed by atoms with E-state index in [0.717, 1.165) is 11.9 Å². The number of anilines is 2. The molecule has 1 heterocycles. The molecule has 6 nitrogen and oxygen atoms in total. The molecular weight excluding hydrogens is 429 g/mol. The first-order valence-electron chi connectivity index (χ1n) is 9.75. The van der Waals surface area contributed by atoms with E-state index in [4.69, 9.17) is 11.6 Å². The zero-order valence-electron chi connectivity index (χ0n) is 17.0. The molecule has 0 bridgehead atoms. The molecular formula is C21H25ClFN3O3S. The third-order valence-corrected chi connectivity index (χ3v) is 6.61. The zero-order chi connectivity index (χ0) is 21.9. The van der Waals surface area contributed by atoms with Crippen LogP contribution in [0.2, 0.25) is 5.02 Å². The van der Waals surface area contributed by atoms with Crippen molar-refractivity contribution >= 4 is 38.9 Å². The molecule has 162 valence electrons. The van der Waals surface area contributed by atoms with Crippen molar-refractivity contribution in [3.05, 3.63) is 59.4 Å². The van der Waals surface area contributed by atoms with Gasteiger partial charge in [0.05, 0.1) is 11.9 Å². The van der Waals surface area contributed by atoms with E-state index < -0.39 is 16.1 Å². The highest BCUT2D eigenvalue weighted by Crippen LogP contribution is 2.26. The Morgan fingerprint density at radius 2 is 1.63 bits per heavy atom. The number of piperazine rings is 1. The smallest absolute Gasteiger partial charge is 0.246 e. The van der Waals surface area contributed by atoms with E-state index in [2.05, 4.69) is 4.90 Å². The number of benzene rings is 2. The molecule has 30 heavy (non-hydrogen) atoms. The molecule has 1 fully saturated rings. The number of halogens is 2. The molecule has 1 aliphatic heterocycles. The van der Waals surface area contributed by atoms with Gasteiger partial charge in [0.25, 0.3) is 0 Å². The fraction of sp³-hybridized carbons (Fsp3) is 0.381. The van der Waals surface area contributed by atoms with E-state index in [1.165, 1.54) is 16.4 Å². The second-order valence-corrected chi connectivity index (χ2v) is 9.54. The third kappa shape index (κ3) is 5.05. The monoisotopic (exact) mass is 453 g/mol. The predicted molar refractivity (Wildman–Crippen MR) is 118 cm³/mol. The summed E-state index contributed by atoms with van der Waals surface area (Å²) >= 11 is 5.93. The SMILES string of the molecule is CC[C@@H](C(=O)N1CCN(c2ccc(F)cc2)CC1)N(c1ccc(Cl)cc1)S(C)(=O)=O. The van der Waals surface area contributed by atoms with Crippen LogP contribution in [0.4, 0.5) is 15.8 Å². The van der Waals surface area contributed by atoms with Crippen molar-refractivity contribution in [3.8, 4) is 0 Å². The Bertz CT molecular complexity index is 976. The van der Waals surface area contributed by atoms with Crippen LogP contribution in [-0.2, 0) is 14.8 Å². The fourth-order valence-electron chi connectivity index (χ4n) is 3.68. The van der Waals surface area contributed by atoms with Crippen LogP contribution in [0.15, 0.2) is 48.5 Å². The minimum atomic E-state index is -3.69. The van der Waals surface area contributed by atoms with Crippen molar-refractivity contribution in [1.82, 2.24) is 4.90 Å². The minimum Gasteiger partial charge on any atom is -0.368 e. The number of hydrogen-bond acceptors (Lipinski definition) is 4. The lowest BCUT2D eigenvalue weighted by Gasteiger charge is -2.39. The van der Waals surface area contributed by atoms with Crippen molar-refractivity contribution < 1.29 is 17.6 Å². The third-order valence-electron chi connectivity index (χ3n) is 5.18. The lowest BCUT2D eigenvalue weighted by molar-refractivity contribution is -0.132. The molecule has 1 atom stereocenters. The molecule has 0 aliphatic carbocycles. The van der Waals surface area contributed by atoms with Crippen LogP contribution in [0.3, 0.4) is 0 Å². The van der Waals surface area contributed by atoms with Gasteiger partial charge in [0.2, 0.25) is 15.9 Å². The summed E-state index contributed by atoms with van der Waals surface area (Å²) in [6.45, 7) is 3.91. The molecule has 0 N–H and O–H groups in total. The summed E-state index contributed by atoms with van der Waals surface area (Å²) in [7, 11) is -3.69. The molecule has 1 aliphatic rings. The molecule has 0 unspecified atom stereocenters. The fourth-order valence-corrected chi connectivity index (χ4v) is 5.01. The highest BCUT2D eigenvalue weighted by atomic mass is 35.5. The molecule has 1 saturated heterocycles. The Labute approximate surface area is 181 Å². The van der Waals surface area contributed by atoms with Gasteiger partial charge < -0.3 is 9.80 Å². The molecule has 0 aromatic heterocycles. The largest absolute Gasteiger partial charge is 0.368 e. The number of carbonyl (C=O) groups excluding carboxylic acids is 1. The highest BCUT2D eigenvalue weighted by Gasteiger charge is 2.35. The Kier molecular flexibility index (Phi) is 6.88. The van der Waals surface area contributed by atoms with Gasteiger partial charge in [-0.15, -0.1) is 0 Å². The van der Waals surface area contributed by atoms with Crippen LogP contribution in [0, 0.1) is 5.82 Å². The van der Waals surface area contributed by atoms with Crippen molar-refractivity contribution in [2.45, 2.75) is 19.4 Å². The maximum absolute atomic E-state index is 13.3. The van der Waals surface area contributed by atoms with Crippen molar-refractivity contribution in [2.75, 3.05) is 41.6 Å². The Balaban J connectivity index is 1.76. The number of hydrogen-bond donors (Lipinski definition) is 0. The van der Waals surface area contributed by atoms with Gasteiger partial charge in [0.15, 0.2) is 0 Å². The summed E-state index contributed by atoms with van der Waals surface area (Å²) in [5, 5.41) is 0.489. The normalized spacial score (nSPS) is 15.7. The Morgan fingerprint density at radius 3 is 2.13 bits per heavy atom. The van der Waals surface area contributed by atoms with E-state index in [0.29, 0.717) is 43.3 Å². The van der Waals surface area contributed by atoms with Gasteiger partial charge >= 0.3 is 0 Å². The standard InChI is InChI=1S/C21H25ClFN3O3S/c1-3-20(26(30(2,28)29)19-8-4-16(22)5-9-19)21(27)25-14-12-24(13-15-25)18-10-6-17(23)7-11-18/h4-11,20H,3,12-15H2,1-2H3/t20-/m0/s1.